The molecule has 4 N–H and O–H groups in total. The van der Waals surface area contributed by atoms with Crippen molar-refractivity contribution in [3.05, 3.63) is 48.2 Å². The Morgan fingerprint density at radius 2 is 1.80 bits per heavy atom. The number of nitrogens with one attached hydrogen (secondary N) is 2. The van der Waals surface area contributed by atoms with Gasteiger partial charge in [0.15, 0.2) is 0 Å². The quantitative estimate of drug-likeness (QED) is 0.589. The van der Waals surface area contributed by atoms with Crippen LogP contribution in [0.15, 0.2) is 42.6 Å². The third-order valence-corrected chi connectivity index (χ3v) is 3.34. The third kappa shape index (κ3) is 2.03. The molecule has 5 heteroatoms. The molecule has 3 rings (SSSR count). The molecule has 1 unspecified atom stereocenters. The number of benzene rings is 2. The van der Waals surface area contributed by atoms with Crippen molar-refractivity contribution in [1.82, 2.24) is 10.2 Å². The van der Waals surface area contributed by atoms with E-state index in [1.165, 1.54) is 0 Å². The molecule has 1 heterocycles. The highest BCUT2D eigenvalue weighted by Crippen LogP contribution is 2.35. The molecule has 5 nitrogen and oxygen atoms in total. The summed E-state index contributed by atoms with van der Waals surface area (Å²) in [4.78, 5) is 0. The van der Waals surface area contributed by atoms with Crippen LogP contribution in [0.5, 0.6) is 11.5 Å². The van der Waals surface area contributed by atoms with E-state index in [1.54, 1.807) is 24.4 Å². The van der Waals surface area contributed by atoms with Gasteiger partial charge in [-0.15, -0.1) is 0 Å². The van der Waals surface area contributed by atoms with E-state index in [0.29, 0.717) is 5.56 Å². The number of hydrogen-bond acceptors (Lipinski definition) is 4. The van der Waals surface area contributed by atoms with Crippen molar-refractivity contribution in [3.8, 4) is 11.5 Å². The van der Waals surface area contributed by atoms with Crippen LogP contribution in [0.4, 0.5) is 5.69 Å². The maximum Gasteiger partial charge on any atom is 0.124 e. The second-order valence-corrected chi connectivity index (χ2v) is 4.72. The molecule has 1 atom stereocenters. The monoisotopic (exact) mass is 269 g/mol. The maximum absolute atomic E-state index is 9.89. The number of nitrogens with zero attached hydrogens (tertiary/aromatic N) is 1. The molecule has 0 amide bonds. The summed E-state index contributed by atoms with van der Waals surface area (Å²) in [6.45, 7) is 1.88. The molecule has 0 aliphatic carbocycles. The molecule has 3 aromatic rings. The van der Waals surface area contributed by atoms with Gasteiger partial charge in [-0.2, -0.15) is 5.10 Å². The molecule has 0 radical (unpaired) electrons. The highest BCUT2D eigenvalue weighted by molar-refractivity contribution is 5.90. The number of phenols is 2. The molecule has 0 saturated carbocycles. The molecule has 0 spiro atoms. The summed E-state index contributed by atoms with van der Waals surface area (Å²) in [5, 5.41) is 31.0. The topological polar surface area (TPSA) is 81.2 Å². The summed E-state index contributed by atoms with van der Waals surface area (Å²) < 4.78 is 0. The zero-order valence-electron chi connectivity index (χ0n) is 11.0. The molecule has 0 fully saturated rings. The van der Waals surface area contributed by atoms with E-state index in [9.17, 15) is 10.2 Å². The molecule has 0 saturated heterocycles. The SMILES string of the molecule is CC(Nc1cccc2cn[nH]c12)c1c(O)cccc1O. The maximum atomic E-state index is 9.89. The number of aromatic hydroxyl groups is 2. The molecular formula is C15H15N3O2. The predicted octanol–water partition coefficient (Wildman–Crippen LogP) is 3.15. The fourth-order valence-electron chi connectivity index (χ4n) is 2.38. The van der Waals surface area contributed by atoms with Gasteiger partial charge in [-0.05, 0) is 25.1 Å². The van der Waals surface area contributed by atoms with Crippen LogP contribution >= 0.6 is 0 Å². The first-order valence-corrected chi connectivity index (χ1v) is 6.36. The normalized spacial score (nSPS) is 12.4. The minimum Gasteiger partial charge on any atom is -0.507 e. The Balaban J connectivity index is 1.97. The largest absolute Gasteiger partial charge is 0.507 e. The van der Waals surface area contributed by atoms with Crippen LogP contribution in [0.1, 0.15) is 18.5 Å². The average molecular weight is 269 g/mol. The van der Waals surface area contributed by atoms with Gasteiger partial charge < -0.3 is 15.5 Å². The lowest BCUT2D eigenvalue weighted by Gasteiger charge is -2.18. The van der Waals surface area contributed by atoms with E-state index in [4.69, 9.17) is 0 Å². The zero-order chi connectivity index (χ0) is 14.1. The fourth-order valence-corrected chi connectivity index (χ4v) is 2.38. The summed E-state index contributed by atoms with van der Waals surface area (Å²) in [7, 11) is 0. The summed E-state index contributed by atoms with van der Waals surface area (Å²) >= 11 is 0. The van der Waals surface area contributed by atoms with Gasteiger partial charge in [0.1, 0.15) is 11.5 Å². The van der Waals surface area contributed by atoms with Gasteiger partial charge in [0.2, 0.25) is 0 Å². The number of para-hydroxylation sites is 1. The van der Waals surface area contributed by atoms with Crippen molar-refractivity contribution in [2.75, 3.05) is 5.32 Å². The molecule has 20 heavy (non-hydrogen) atoms. The summed E-state index contributed by atoms with van der Waals surface area (Å²) in [6.07, 6.45) is 1.75. The first-order chi connectivity index (χ1) is 9.66. The second-order valence-electron chi connectivity index (χ2n) is 4.72. The standard InChI is InChI=1S/C15H15N3O2/c1-9(14-12(19)6-3-7-13(14)20)17-11-5-2-4-10-8-16-18-15(10)11/h2-9,17,19-20H,1H3,(H,16,18). The lowest BCUT2D eigenvalue weighted by Crippen LogP contribution is -2.07. The number of aromatic nitrogens is 2. The molecule has 1 aromatic heterocycles. The van der Waals surface area contributed by atoms with Crippen LogP contribution in [-0.4, -0.2) is 20.4 Å². The van der Waals surface area contributed by atoms with E-state index >= 15 is 0 Å². The van der Waals surface area contributed by atoms with E-state index in [2.05, 4.69) is 15.5 Å². The number of aromatic amines is 1. The van der Waals surface area contributed by atoms with Gasteiger partial charge >= 0.3 is 0 Å². The van der Waals surface area contributed by atoms with Crippen molar-refractivity contribution in [1.29, 1.82) is 0 Å². The van der Waals surface area contributed by atoms with Crippen LogP contribution in [0.3, 0.4) is 0 Å². The Kier molecular flexibility index (Phi) is 2.95. The summed E-state index contributed by atoms with van der Waals surface area (Å²) in [5.41, 5.74) is 2.24. The van der Waals surface area contributed by atoms with Crippen LogP contribution in [-0.2, 0) is 0 Å². The predicted molar refractivity (Wildman–Crippen MR) is 77.9 cm³/mol. The second kappa shape index (κ2) is 4.77. The minimum atomic E-state index is -0.245. The Bertz CT molecular complexity index is 731. The molecule has 2 aromatic carbocycles. The van der Waals surface area contributed by atoms with Crippen LogP contribution in [0, 0.1) is 0 Å². The number of anilines is 1. The smallest absolute Gasteiger partial charge is 0.124 e. The Morgan fingerprint density at radius 3 is 2.55 bits per heavy atom. The van der Waals surface area contributed by atoms with Crippen molar-refractivity contribution >= 4 is 16.6 Å². The van der Waals surface area contributed by atoms with Crippen molar-refractivity contribution in [2.45, 2.75) is 13.0 Å². The Labute approximate surface area is 115 Å². The Morgan fingerprint density at radius 1 is 1.10 bits per heavy atom. The van der Waals surface area contributed by atoms with Crippen molar-refractivity contribution in [2.24, 2.45) is 0 Å². The van der Waals surface area contributed by atoms with Gasteiger partial charge in [-0.25, -0.2) is 0 Å². The number of phenolic OH excluding ortho intramolecular Hbond substituents is 2. The van der Waals surface area contributed by atoms with Crippen molar-refractivity contribution in [3.63, 3.8) is 0 Å². The Hall–Kier alpha value is -2.69. The molecule has 0 aliphatic rings. The minimum absolute atomic E-state index is 0.0711. The fraction of sp³-hybridized carbons (Fsp3) is 0.133. The summed E-state index contributed by atoms with van der Waals surface area (Å²) in [5.74, 6) is 0.142. The van der Waals surface area contributed by atoms with Gasteiger partial charge in [0.25, 0.3) is 0 Å². The van der Waals surface area contributed by atoms with Gasteiger partial charge in [-0.1, -0.05) is 18.2 Å². The first kappa shape index (κ1) is 12.3. The molecule has 0 aliphatic heterocycles. The van der Waals surface area contributed by atoms with E-state index in [-0.39, 0.29) is 17.5 Å². The average Bonchev–Trinajstić information content (AvgIpc) is 2.88. The van der Waals surface area contributed by atoms with E-state index in [1.807, 2.05) is 25.1 Å². The number of rotatable bonds is 3. The van der Waals surface area contributed by atoms with Gasteiger partial charge in [0, 0.05) is 5.39 Å². The first-order valence-electron chi connectivity index (χ1n) is 6.36. The van der Waals surface area contributed by atoms with Crippen molar-refractivity contribution < 1.29 is 10.2 Å². The zero-order valence-corrected chi connectivity index (χ0v) is 11.0. The van der Waals surface area contributed by atoms with Crippen LogP contribution in [0.2, 0.25) is 0 Å². The number of hydrogen-bond donors (Lipinski definition) is 4. The van der Waals surface area contributed by atoms with E-state index in [0.717, 1.165) is 16.6 Å². The molecule has 0 bridgehead atoms. The molecular weight excluding hydrogens is 254 g/mol. The van der Waals surface area contributed by atoms with Crippen LogP contribution in [0.25, 0.3) is 10.9 Å². The lowest BCUT2D eigenvalue weighted by atomic mass is 10.1. The summed E-state index contributed by atoms with van der Waals surface area (Å²) in [6, 6.07) is 10.3. The highest BCUT2D eigenvalue weighted by Gasteiger charge is 2.15. The van der Waals surface area contributed by atoms with Gasteiger partial charge in [-0.3, -0.25) is 5.10 Å². The number of H-pyrrole nitrogens is 1. The lowest BCUT2D eigenvalue weighted by molar-refractivity contribution is 0.434. The third-order valence-electron chi connectivity index (χ3n) is 3.34. The van der Waals surface area contributed by atoms with Crippen LogP contribution < -0.4 is 5.32 Å². The molecule has 102 valence electrons. The van der Waals surface area contributed by atoms with E-state index < -0.39 is 0 Å². The highest BCUT2D eigenvalue weighted by atomic mass is 16.3. The number of fused-ring (bicyclic) bond motifs is 1. The van der Waals surface area contributed by atoms with Gasteiger partial charge in [0.05, 0.1) is 29.0 Å².